The van der Waals surface area contributed by atoms with Gasteiger partial charge in [-0.1, -0.05) is 6.07 Å². The minimum absolute atomic E-state index is 0.237. The average molecular weight is 299 g/mol. The summed E-state index contributed by atoms with van der Waals surface area (Å²) in [7, 11) is 0. The zero-order valence-corrected chi connectivity index (χ0v) is 13.3. The molecule has 3 rings (SSSR count). The van der Waals surface area contributed by atoms with Crippen LogP contribution in [0.1, 0.15) is 21.6 Å². The van der Waals surface area contributed by atoms with E-state index in [2.05, 4.69) is 29.9 Å². The van der Waals surface area contributed by atoms with Crippen molar-refractivity contribution < 1.29 is 4.74 Å². The Bertz CT molecular complexity index is 839. The summed E-state index contributed by atoms with van der Waals surface area (Å²) in [5, 5.41) is 0.908. The highest BCUT2D eigenvalue weighted by Crippen LogP contribution is 2.35. The Morgan fingerprint density at radius 2 is 1.81 bits per heavy atom. The van der Waals surface area contributed by atoms with Gasteiger partial charge in [-0.3, -0.25) is 0 Å². The molecule has 0 radical (unpaired) electrons. The molecule has 0 saturated heterocycles. The van der Waals surface area contributed by atoms with E-state index in [4.69, 9.17) is 10.5 Å². The Morgan fingerprint density at radius 1 is 1.05 bits per heavy atom. The Morgan fingerprint density at radius 3 is 2.57 bits per heavy atom. The van der Waals surface area contributed by atoms with Crippen molar-refractivity contribution in [2.45, 2.75) is 27.7 Å². The highest BCUT2D eigenvalue weighted by atomic mass is 32.1. The maximum absolute atomic E-state index is 6.05. The number of nitrogen functional groups attached to an aromatic ring is 1. The van der Waals surface area contributed by atoms with Crippen LogP contribution in [0.2, 0.25) is 0 Å². The van der Waals surface area contributed by atoms with Gasteiger partial charge in [-0.2, -0.15) is 4.98 Å². The van der Waals surface area contributed by atoms with Gasteiger partial charge in [0.05, 0.1) is 5.39 Å². The van der Waals surface area contributed by atoms with Gasteiger partial charge in [0, 0.05) is 4.88 Å². The van der Waals surface area contributed by atoms with E-state index < -0.39 is 0 Å². The number of aromatic nitrogens is 2. The van der Waals surface area contributed by atoms with E-state index in [0.29, 0.717) is 5.88 Å². The monoisotopic (exact) mass is 299 g/mol. The number of thiophene rings is 1. The number of hydrogen-bond acceptors (Lipinski definition) is 5. The summed E-state index contributed by atoms with van der Waals surface area (Å²) >= 11 is 1.59. The molecule has 5 heteroatoms. The maximum Gasteiger partial charge on any atom is 0.232 e. The lowest BCUT2D eigenvalue weighted by Crippen LogP contribution is -1.98. The quantitative estimate of drug-likeness (QED) is 0.766. The van der Waals surface area contributed by atoms with Gasteiger partial charge in [-0.05, 0) is 56.5 Å². The van der Waals surface area contributed by atoms with E-state index in [0.717, 1.165) is 32.0 Å². The van der Waals surface area contributed by atoms with E-state index >= 15 is 0 Å². The van der Waals surface area contributed by atoms with Crippen LogP contribution in [0.15, 0.2) is 18.2 Å². The molecular weight excluding hydrogens is 282 g/mol. The average Bonchev–Trinajstić information content (AvgIpc) is 2.75. The molecule has 3 aromatic rings. The summed E-state index contributed by atoms with van der Waals surface area (Å²) in [6.07, 6.45) is 0. The van der Waals surface area contributed by atoms with Crippen molar-refractivity contribution in [3.8, 4) is 11.6 Å². The third-order valence-corrected chi connectivity index (χ3v) is 4.41. The van der Waals surface area contributed by atoms with Crippen LogP contribution in [0.3, 0.4) is 0 Å². The molecule has 108 valence electrons. The summed E-state index contributed by atoms with van der Waals surface area (Å²) < 4.78 is 6.05. The van der Waals surface area contributed by atoms with Gasteiger partial charge in [-0.25, -0.2) is 4.98 Å². The number of nitrogens with zero attached hydrogens (tertiary/aromatic N) is 2. The zero-order chi connectivity index (χ0) is 15.1. The highest BCUT2D eigenvalue weighted by Gasteiger charge is 2.13. The van der Waals surface area contributed by atoms with Crippen molar-refractivity contribution in [3.63, 3.8) is 0 Å². The molecule has 0 amide bonds. The fourth-order valence-corrected chi connectivity index (χ4v) is 3.20. The number of hydrogen-bond donors (Lipinski definition) is 1. The van der Waals surface area contributed by atoms with Gasteiger partial charge in [-0.15, -0.1) is 11.3 Å². The third-order valence-electron chi connectivity index (χ3n) is 3.47. The van der Waals surface area contributed by atoms with Crippen molar-refractivity contribution in [1.29, 1.82) is 0 Å². The van der Waals surface area contributed by atoms with Crippen molar-refractivity contribution in [3.05, 3.63) is 39.8 Å². The molecule has 0 aliphatic carbocycles. The van der Waals surface area contributed by atoms with Crippen molar-refractivity contribution in [2.24, 2.45) is 0 Å². The van der Waals surface area contributed by atoms with E-state index in [1.165, 1.54) is 5.56 Å². The smallest absolute Gasteiger partial charge is 0.232 e. The number of fused-ring (bicyclic) bond motifs is 1. The molecule has 0 spiro atoms. The summed E-state index contributed by atoms with van der Waals surface area (Å²) in [6, 6.07) is 6.19. The molecule has 1 aromatic carbocycles. The second-order valence-corrected chi connectivity index (χ2v) is 6.50. The Kier molecular flexibility index (Phi) is 3.29. The fourth-order valence-electron chi connectivity index (χ4n) is 2.32. The maximum atomic E-state index is 6.05. The minimum Gasteiger partial charge on any atom is -0.438 e. The lowest BCUT2D eigenvalue weighted by Gasteiger charge is -2.12. The van der Waals surface area contributed by atoms with Crippen LogP contribution in [0.5, 0.6) is 11.6 Å². The second kappa shape index (κ2) is 5.00. The molecule has 0 aliphatic rings. The van der Waals surface area contributed by atoms with Crippen molar-refractivity contribution >= 4 is 27.5 Å². The molecule has 0 atom stereocenters. The molecule has 2 N–H and O–H groups in total. The van der Waals surface area contributed by atoms with Crippen LogP contribution >= 0.6 is 11.3 Å². The largest absolute Gasteiger partial charge is 0.438 e. The van der Waals surface area contributed by atoms with Gasteiger partial charge < -0.3 is 10.5 Å². The molecule has 0 aliphatic heterocycles. The number of ether oxygens (including phenoxy) is 1. The van der Waals surface area contributed by atoms with Crippen LogP contribution in [-0.2, 0) is 0 Å². The minimum atomic E-state index is 0.237. The first-order valence-electron chi connectivity index (χ1n) is 6.73. The van der Waals surface area contributed by atoms with Crippen LogP contribution in [0.4, 0.5) is 5.95 Å². The molecule has 2 aromatic heterocycles. The van der Waals surface area contributed by atoms with Crippen LogP contribution < -0.4 is 10.5 Å². The molecule has 2 heterocycles. The van der Waals surface area contributed by atoms with Gasteiger partial charge in [0.2, 0.25) is 11.8 Å². The number of rotatable bonds is 2. The third kappa shape index (κ3) is 2.56. The fraction of sp³-hybridized carbons (Fsp3) is 0.250. The predicted molar refractivity (Wildman–Crippen MR) is 87.3 cm³/mol. The van der Waals surface area contributed by atoms with Crippen LogP contribution in [0.25, 0.3) is 10.2 Å². The molecule has 0 fully saturated rings. The molecule has 0 saturated carbocycles. The van der Waals surface area contributed by atoms with Crippen molar-refractivity contribution in [1.82, 2.24) is 9.97 Å². The molecule has 4 nitrogen and oxygen atoms in total. The standard InChI is InChI=1S/C16H17N3OS/c1-8-5-9(2)11(4)13(6-8)20-14-12-7-10(3)21-15(12)19-16(17)18-14/h5-7H,1-4H3,(H2,17,18,19). The molecule has 21 heavy (non-hydrogen) atoms. The molecule has 0 unspecified atom stereocenters. The van der Waals surface area contributed by atoms with E-state index in [1.54, 1.807) is 11.3 Å². The van der Waals surface area contributed by atoms with Gasteiger partial charge in [0.25, 0.3) is 0 Å². The lowest BCUT2D eigenvalue weighted by molar-refractivity contribution is 0.465. The topological polar surface area (TPSA) is 61.0 Å². The van der Waals surface area contributed by atoms with Gasteiger partial charge in [0.15, 0.2) is 0 Å². The summed E-state index contributed by atoms with van der Waals surface area (Å²) in [5.74, 6) is 1.58. The van der Waals surface area contributed by atoms with Gasteiger partial charge >= 0.3 is 0 Å². The predicted octanol–water partition coefficient (Wildman–Crippen LogP) is 4.30. The normalized spacial score (nSPS) is 11.0. The van der Waals surface area contributed by atoms with E-state index in [1.807, 2.05) is 26.0 Å². The van der Waals surface area contributed by atoms with Gasteiger partial charge in [0.1, 0.15) is 10.6 Å². The number of anilines is 1. The summed E-state index contributed by atoms with van der Waals surface area (Å²) in [5.41, 5.74) is 9.26. The number of nitrogens with two attached hydrogens (primary N) is 1. The number of benzene rings is 1. The first kappa shape index (κ1) is 13.8. The summed E-state index contributed by atoms with van der Waals surface area (Å²) in [4.78, 5) is 10.5. The van der Waals surface area contributed by atoms with E-state index in [-0.39, 0.29) is 5.95 Å². The lowest BCUT2D eigenvalue weighted by atomic mass is 10.1. The van der Waals surface area contributed by atoms with Crippen molar-refractivity contribution in [2.75, 3.05) is 5.73 Å². The SMILES string of the molecule is Cc1cc(C)c(C)c(Oc2nc(N)nc3sc(C)cc23)c1. The van der Waals surface area contributed by atoms with Crippen LogP contribution in [0, 0.1) is 27.7 Å². The Hall–Kier alpha value is -2.14. The Labute approximate surface area is 127 Å². The first-order chi connectivity index (χ1) is 9.94. The van der Waals surface area contributed by atoms with E-state index in [9.17, 15) is 0 Å². The Balaban J connectivity index is 2.14. The summed E-state index contributed by atoms with van der Waals surface area (Å²) in [6.45, 7) is 8.21. The number of aryl methyl sites for hydroxylation is 3. The van der Waals surface area contributed by atoms with Crippen LogP contribution in [-0.4, -0.2) is 9.97 Å². The second-order valence-electron chi connectivity index (χ2n) is 5.27. The molecule has 0 bridgehead atoms. The highest BCUT2D eigenvalue weighted by molar-refractivity contribution is 7.18. The zero-order valence-electron chi connectivity index (χ0n) is 12.5. The first-order valence-corrected chi connectivity index (χ1v) is 7.55. The molecular formula is C16H17N3OS.